The van der Waals surface area contributed by atoms with E-state index >= 15 is 0 Å². The van der Waals surface area contributed by atoms with E-state index < -0.39 is 12.0 Å². The molecular weight excluding hydrogens is 222 g/mol. The minimum atomic E-state index is -1.04. The van der Waals surface area contributed by atoms with Crippen molar-refractivity contribution >= 4 is 11.9 Å². The summed E-state index contributed by atoms with van der Waals surface area (Å²) >= 11 is 0. The first-order valence-corrected chi connectivity index (χ1v) is 5.29. The molecule has 0 radical (unpaired) electrons. The third-order valence-electron chi connectivity index (χ3n) is 2.24. The van der Waals surface area contributed by atoms with Gasteiger partial charge < -0.3 is 15.6 Å². The number of esters is 1. The Morgan fingerprint density at radius 3 is 2.41 bits per heavy atom. The van der Waals surface area contributed by atoms with Gasteiger partial charge in [0.05, 0.1) is 12.2 Å². The van der Waals surface area contributed by atoms with Gasteiger partial charge in [-0.2, -0.15) is 0 Å². The summed E-state index contributed by atoms with van der Waals surface area (Å²) in [6, 6.07) is 5.62. The lowest BCUT2D eigenvalue weighted by molar-refractivity contribution is -0.138. The number of ether oxygens (including phenoxy) is 1. The summed E-state index contributed by atoms with van der Waals surface area (Å²) in [5, 5.41) is 8.66. The van der Waals surface area contributed by atoms with Crippen molar-refractivity contribution in [1.82, 2.24) is 0 Å². The van der Waals surface area contributed by atoms with Crippen LogP contribution in [0.25, 0.3) is 0 Å². The van der Waals surface area contributed by atoms with Crippen LogP contribution in [0.1, 0.15) is 22.8 Å². The summed E-state index contributed by atoms with van der Waals surface area (Å²) in [6.07, 6.45) is 0.235. The average Bonchev–Trinajstić information content (AvgIpc) is 2.30. The van der Waals surface area contributed by atoms with Crippen molar-refractivity contribution in [3.63, 3.8) is 0 Å². The molecule has 0 bridgehead atoms. The van der Waals surface area contributed by atoms with E-state index in [1.165, 1.54) is 0 Å². The van der Waals surface area contributed by atoms with E-state index in [9.17, 15) is 9.59 Å². The Bertz CT molecular complexity index is 399. The lowest BCUT2D eigenvalue weighted by atomic mass is 10.0. The fraction of sp³-hybridized carbons (Fsp3) is 0.333. The first-order valence-electron chi connectivity index (χ1n) is 5.29. The molecule has 0 heterocycles. The highest BCUT2D eigenvalue weighted by Gasteiger charge is 2.12. The van der Waals surface area contributed by atoms with Crippen LogP contribution in [0.3, 0.4) is 0 Å². The molecule has 0 aromatic heterocycles. The maximum absolute atomic E-state index is 11.3. The highest BCUT2D eigenvalue weighted by Crippen LogP contribution is 2.08. The van der Waals surface area contributed by atoms with Crippen LogP contribution in [0.4, 0.5) is 0 Å². The number of carboxylic acids is 1. The van der Waals surface area contributed by atoms with Gasteiger partial charge in [0.2, 0.25) is 0 Å². The lowest BCUT2D eigenvalue weighted by Crippen LogP contribution is -2.32. The smallest absolute Gasteiger partial charge is 0.338 e. The summed E-state index contributed by atoms with van der Waals surface area (Å²) in [7, 11) is 0. The number of rotatable bonds is 5. The fourth-order valence-electron chi connectivity index (χ4n) is 1.33. The summed E-state index contributed by atoms with van der Waals surface area (Å²) in [5.74, 6) is -1.43. The van der Waals surface area contributed by atoms with Gasteiger partial charge in [0.1, 0.15) is 6.04 Å². The van der Waals surface area contributed by atoms with Crippen molar-refractivity contribution in [3.8, 4) is 0 Å². The van der Waals surface area contributed by atoms with Crippen LogP contribution in [0.2, 0.25) is 0 Å². The molecule has 92 valence electrons. The molecule has 17 heavy (non-hydrogen) atoms. The second kappa shape index (κ2) is 6.00. The van der Waals surface area contributed by atoms with Crippen molar-refractivity contribution in [2.75, 3.05) is 6.61 Å². The van der Waals surface area contributed by atoms with E-state index in [-0.39, 0.29) is 12.4 Å². The predicted molar refractivity (Wildman–Crippen MR) is 61.7 cm³/mol. The van der Waals surface area contributed by atoms with Crippen molar-refractivity contribution in [3.05, 3.63) is 35.4 Å². The molecule has 1 aromatic carbocycles. The maximum Gasteiger partial charge on any atom is 0.338 e. The van der Waals surface area contributed by atoms with Gasteiger partial charge in [-0.3, -0.25) is 4.79 Å². The minimum absolute atomic E-state index is 0.235. The average molecular weight is 237 g/mol. The molecule has 0 aliphatic carbocycles. The number of aliphatic carboxylic acids is 1. The third kappa shape index (κ3) is 3.88. The third-order valence-corrected chi connectivity index (χ3v) is 2.24. The van der Waals surface area contributed by atoms with Gasteiger partial charge in [0, 0.05) is 0 Å². The first-order chi connectivity index (χ1) is 8.04. The number of hydrogen-bond donors (Lipinski definition) is 2. The van der Waals surface area contributed by atoms with Gasteiger partial charge in [0.15, 0.2) is 0 Å². The van der Waals surface area contributed by atoms with Crippen molar-refractivity contribution < 1.29 is 19.4 Å². The van der Waals surface area contributed by atoms with E-state index in [0.717, 1.165) is 5.56 Å². The normalized spacial score (nSPS) is 11.9. The van der Waals surface area contributed by atoms with E-state index in [1.807, 2.05) is 0 Å². The number of nitrogens with two attached hydrogens (primary N) is 1. The molecular formula is C12H15NO4. The van der Waals surface area contributed by atoms with Gasteiger partial charge in [-0.1, -0.05) is 12.1 Å². The second-order valence-corrected chi connectivity index (χ2v) is 3.57. The minimum Gasteiger partial charge on any atom is -0.480 e. The zero-order valence-electron chi connectivity index (χ0n) is 9.55. The van der Waals surface area contributed by atoms with Crippen molar-refractivity contribution in [2.24, 2.45) is 5.73 Å². The Labute approximate surface area is 99.2 Å². The van der Waals surface area contributed by atoms with Gasteiger partial charge in [-0.05, 0) is 31.0 Å². The summed E-state index contributed by atoms with van der Waals surface area (Å²) in [4.78, 5) is 21.9. The Balaban J connectivity index is 2.68. The molecule has 3 N–H and O–H groups in total. The van der Waals surface area contributed by atoms with Crippen molar-refractivity contribution in [1.29, 1.82) is 0 Å². The SMILES string of the molecule is CCOC(=O)c1ccc(CC(N)C(=O)O)cc1. The van der Waals surface area contributed by atoms with E-state index in [2.05, 4.69) is 0 Å². The molecule has 0 saturated heterocycles. The highest BCUT2D eigenvalue weighted by molar-refractivity contribution is 5.89. The number of hydrogen-bond acceptors (Lipinski definition) is 4. The molecule has 0 saturated carbocycles. The molecule has 0 fully saturated rings. The zero-order chi connectivity index (χ0) is 12.8. The molecule has 1 unspecified atom stereocenters. The van der Waals surface area contributed by atoms with Gasteiger partial charge in [-0.15, -0.1) is 0 Å². The van der Waals surface area contributed by atoms with Crippen LogP contribution in [0.5, 0.6) is 0 Å². The molecule has 0 aliphatic heterocycles. The molecule has 0 amide bonds. The largest absolute Gasteiger partial charge is 0.480 e. The van der Waals surface area contributed by atoms with Crippen LogP contribution in [-0.2, 0) is 16.0 Å². The quantitative estimate of drug-likeness (QED) is 0.740. The number of benzene rings is 1. The first kappa shape index (κ1) is 13.2. The summed E-state index contributed by atoms with van der Waals surface area (Å²) in [6.45, 7) is 2.06. The van der Waals surface area contributed by atoms with Crippen LogP contribution in [-0.4, -0.2) is 29.7 Å². The molecule has 1 aromatic rings. The summed E-state index contributed by atoms with van der Waals surface area (Å²) in [5.41, 5.74) is 6.62. The Hall–Kier alpha value is -1.88. The van der Waals surface area contributed by atoms with Crippen LogP contribution < -0.4 is 5.73 Å². The molecule has 5 nitrogen and oxygen atoms in total. The Morgan fingerprint density at radius 1 is 1.35 bits per heavy atom. The van der Waals surface area contributed by atoms with Crippen LogP contribution in [0, 0.1) is 0 Å². The highest BCUT2D eigenvalue weighted by atomic mass is 16.5. The van der Waals surface area contributed by atoms with E-state index in [0.29, 0.717) is 12.2 Å². The Morgan fingerprint density at radius 2 is 1.94 bits per heavy atom. The standard InChI is InChI=1S/C12H15NO4/c1-2-17-12(16)9-5-3-8(4-6-9)7-10(13)11(14)15/h3-6,10H,2,7,13H2,1H3,(H,14,15). The number of carbonyl (C=O) groups excluding carboxylic acids is 1. The molecule has 0 aliphatic rings. The lowest BCUT2D eigenvalue weighted by Gasteiger charge is -2.07. The van der Waals surface area contributed by atoms with Gasteiger partial charge in [-0.25, -0.2) is 4.79 Å². The van der Waals surface area contributed by atoms with Crippen LogP contribution in [0.15, 0.2) is 24.3 Å². The van der Waals surface area contributed by atoms with Crippen molar-refractivity contribution in [2.45, 2.75) is 19.4 Å². The van der Waals surface area contributed by atoms with E-state index in [4.69, 9.17) is 15.6 Å². The second-order valence-electron chi connectivity index (χ2n) is 3.57. The molecule has 0 spiro atoms. The topological polar surface area (TPSA) is 89.6 Å². The van der Waals surface area contributed by atoms with Gasteiger partial charge in [0.25, 0.3) is 0 Å². The monoisotopic (exact) mass is 237 g/mol. The summed E-state index contributed by atoms with van der Waals surface area (Å²) < 4.78 is 4.83. The van der Waals surface area contributed by atoms with E-state index in [1.54, 1.807) is 31.2 Å². The Kier molecular flexibility index (Phi) is 4.66. The van der Waals surface area contributed by atoms with Gasteiger partial charge >= 0.3 is 11.9 Å². The zero-order valence-corrected chi connectivity index (χ0v) is 9.55. The predicted octanol–water partition coefficient (Wildman–Crippen LogP) is 0.818. The molecule has 5 heteroatoms. The molecule has 1 rings (SSSR count). The number of carbonyl (C=O) groups is 2. The molecule has 1 atom stereocenters. The maximum atomic E-state index is 11.3. The fourth-order valence-corrected chi connectivity index (χ4v) is 1.33. The number of carboxylic acid groups (broad SMARTS) is 1. The van der Waals surface area contributed by atoms with Crippen LogP contribution >= 0.6 is 0 Å².